The van der Waals surface area contributed by atoms with Gasteiger partial charge in [0.25, 0.3) is 0 Å². The van der Waals surface area contributed by atoms with E-state index >= 15 is 0 Å². The Kier molecular flexibility index (Phi) is 5.62. The Morgan fingerprint density at radius 3 is 2.50 bits per heavy atom. The summed E-state index contributed by atoms with van der Waals surface area (Å²) in [6.45, 7) is -0.600. The lowest BCUT2D eigenvalue weighted by atomic mass is 10.0. The summed E-state index contributed by atoms with van der Waals surface area (Å²) in [5.74, 6) is 0. The Morgan fingerprint density at radius 2 is 1.94 bits per heavy atom. The van der Waals surface area contributed by atoms with Gasteiger partial charge in [0.2, 0.25) is 0 Å². The van der Waals surface area contributed by atoms with Gasteiger partial charge in [-0.25, -0.2) is 0 Å². The van der Waals surface area contributed by atoms with E-state index < -0.39 is 12.7 Å². The Morgan fingerprint density at radius 1 is 1.33 bits per heavy atom. The molecule has 0 radical (unpaired) electrons. The monoisotopic (exact) mass is 324 g/mol. The average molecular weight is 325 g/mol. The molecule has 2 nitrogen and oxygen atoms in total. The fourth-order valence-electron chi connectivity index (χ4n) is 1.68. The third kappa shape index (κ3) is 5.37. The number of rotatable bonds is 5. The van der Waals surface area contributed by atoms with E-state index in [2.05, 4.69) is 15.9 Å². The zero-order valence-corrected chi connectivity index (χ0v) is 11.6. The molecular formula is C12H16BrF3N2. The van der Waals surface area contributed by atoms with E-state index in [-0.39, 0.29) is 6.04 Å². The first-order chi connectivity index (χ1) is 8.29. The van der Waals surface area contributed by atoms with Gasteiger partial charge in [0, 0.05) is 10.5 Å². The van der Waals surface area contributed by atoms with E-state index in [4.69, 9.17) is 5.73 Å². The number of nitrogens with zero attached hydrogens (tertiary/aromatic N) is 1. The van der Waals surface area contributed by atoms with Crippen molar-refractivity contribution in [2.45, 2.75) is 18.6 Å². The molecule has 0 saturated heterocycles. The third-order valence-corrected chi connectivity index (χ3v) is 3.30. The molecule has 6 heteroatoms. The maximum absolute atomic E-state index is 12.1. The quantitative estimate of drug-likeness (QED) is 0.900. The fourth-order valence-corrected chi connectivity index (χ4v) is 2.25. The minimum atomic E-state index is -4.16. The number of nitrogens with two attached hydrogens (primary N) is 1. The second kappa shape index (κ2) is 6.54. The zero-order chi connectivity index (χ0) is 13.8. The Bertz CT molecular complexity index is 382. The first-order valence-electron chi connectivity index (χ1n) is 5.55. The van der Waals surface area contributed by atoms with Crippen LogP contribution in [0, 0.1) is 0 Å². The molecule has 0 aliphatic rings. The van der Waals surface area contributed by atoms with Crippen LogP contribution in [-0.4, -0.2) is 31.2 Å². The summed E-state index contributed by atoms with van der Waals surface area (Å²) in [5.41, 5.74) is 6.88. The molecule has 0 bridgehead atoms. The highest BCUT2D eigenvalue weighted by Crippen LogP contribution is 2.24. The first-order valence-corrected chi connectivity index (χ1v) is 6.34. The van der Waals surface area contributed by atoms with Crippen LogP contribution in [-0.2, 0) is 0 Å². The van der Waals surface area contributed by atoms with Gasteiger partial charge in [-0.3, -0.25) is 4.90 Å². The molecule has 0 saturated carbocycles. The molecule has 1 atom stereocenters. The van der Waals surface area contributed by atoms with Gasteiger partial charge in [0.15, 0.2) is 0 Å². The highest BCUT2D eigenvalue weighted by molar-refractivity contribution is 9.10. The van der Waals surface area contributed by atoms with Crippen LogP contribution in [0.15, 0.2) is 28.7 Å². The normalized spacial score (nSPS) is 13.9. The van der Waals surface area contributed by atoms with Gasteiger partial charge in [-0.1, -0.05) is 34.1 Å². The van der Waals surface area contributed by atoms with Crippen molar-refractivity contribution in [1.29, 1.82) is 0 Å². The van der Waals surface area contributed by atoms with Crippen LogP contribution in [0.2, 0.25) is 0 Å². The maximum Gasteiger partial charge on any atom is 0.401 e. The lowest BCUT2D eigenvalue weighted by Gasteiger charge is -2.21. The molecule has 1 rings (SSSR count). The molecule has 1 aromatic carbocycles. The summed E-state index contributed by atoms with van der Waals surface area (Å²) < 4.78 is 37.3. The van der Waals surface area contributed by atoms with E-state index in [1.165, 1.54) is 11.9 Å². The molecular weight excluding hydrogens is 309 g/mol. The summed E-state index contributed by atoms with van der Waals surface area (Å²) in [6, 6.07) is 7.21. The predicted molar refractivity (Wildman–Crippen MR) is 69.2 cm³/mol. The van der Waals surface area contributed by atoms with Gasteiger partial charge in [-0.15, -0.1) is 0 Å². The van der Waals surface area contributed by atoms with Crippen LogP contribution in [0.3, 0.4) is 0 Å². The van der Waals surface area contributed by atoms with Gasteiger partial charge >= 0.3 is 6.18 Å². The smallest absolute Gasteiger partial charge is 0.324 e. The Labute approximate surface area is 113 Å². The molecule has 0 aliphatic carbocycles. The molecule has 0 aliphatic heterocycles. The second-order valence-electron chi connectivity index (χ2n) is 4.27. The highest BCUT2D eigenvalue weighted by atomic mass is 79.9. The largest absolute Gasteiger partial charge is 0.401 e. The van der Waals surface area contributed by atoms with Gasteiger partial charge < -0.3 is 5.73 Å². The van der Waals surface area contributed by atoms with Gasteiger partial charge in [0.05, 0.1) is 6.54 Å². The molecule has 18 heavy (non-hydrogen) atoms. The standard InChI is InChI=1S/C12H16BrF3N2/c1-18(8-12(14,15)16)7-6-11(17)9-4-2-3-5-10(9)13/h2-5,11H,6-8,17H2,1H3. The summed E-state index contributed by atoms with van der Waals surface area (Å²) in [6.07, 6.45) is -3.68. The molecule has 1 unspecified atom stereocenters. The molecule has 0 amide bonds. The summed E-state index contributed by atoms with van der Waals surface area (Å²) in [5, 5.41) is 0. The summed E-state index contributed by atoms with van der Waals surface area (Å²) in [4.78, 5) is 1.23. The number of hydrogen-bond acceptors (Lipinski definition) is 2. The molecule has 102 valence electrons. The molecule has 0 spiro atoms. The Hall–Kier alpha value is -0.590. The van der Waals surface area contributed by atoms with Crippen molar-refractivity contribution in [3.8, 4) is 0 Å². The SMILES string of the molecule is CN(CCC(N)c1ccccc1Br)CC(F)(F)F. The topological polar surface area (TPSA) is 29.3 Å². The van der Waals surface area contributed by atoms with Gasteiger partial charge in [-0.2, -0.15) is 13.2 Å². The minimum absolute atomic E-state index is 0.267. The van der Waals surface area contributed by atoms with Crippen molar-refractivity contribution >= 4 is 15.9 Å². The van der Waals surface area contributed by atoms with Crippen molar-refractivity contribution in [3.63, 3.8) is 0 Å². The molecule has 0 aromatic heterocycles. The summed E-state index contributed by atoms with van der Waals surface area (Å²) in [7, 11) is 1.44. The van der Waals surface area contributed by atoms with Crippen molar-refractivity contribution in [1.82, 2.24) is 4.90 Å². The van der Waals surface area contributed by atoms with Gasteiger partial charge in [-0.05, 0) is 31.6 Å². The Balaban J connectivity index is 2.47. The van der Waals surface area contributed by atoms with Crippen molar-refractivity contribution in [2.75, 3.05) is 20.1 Å². The van der Waals surface area contributed by atoms with Gasteiger partial charge in [0.1, 0.15) is 0 Å². The first kappa shape index (κ1) is 15.5. The van der Waals surface area contributed by atoms with E-state index in [1.54, 1.807) is 0 Å². The lowest BCUT2D eigenvalue weighted by molar-refractivity contribution is -0.143. The molecule has 0 fully saturated rings. The fraction of sp³-hybridized carbons (Fsp3) is 0.500. The highest BCUT2D eigenvalue weighted by Gasteiger charge is 2.29. The second-order valence-corrected chi connectivity index (χ2v) is 5.12. The van der Waals surface area contributed by atoms with E-state index in [1.807, 2.05) is 24.3 Å². The van der Waals surface area contributed by atoms with Crippen LogP contribution < -0.4 is 5.73 Å². The number of alkyl halides is 3. The molecule has 1 aromatic rings. The van der Waals surface area contributed by atoms with E-state index in [0.29, 0.717) is 13.0 Å². The van der Waals surface area contributed by atoms with Crippen LogP contribution in [0.1, 0.15) is 18.0 Å². The van der Waals surface area contributed by atoms with Crippen LogP contribution in [0.25, 0.3) is 0 Å². The number of hydrogen-bond donors (Lipinski definition) is 1. The molecule has 0 heterocycles. The third-order valence-electron chi connectivity index (χ3n) is 2.58. The van der Waals surface area contributed by atoms with E-state index in [0.717, 1.165) is 10.0 Å². The van der Waals surface area contributed by atoms with Crippen molar-refractivity contribution in [3.05, 3.63) is 34.3 Å². The minimum Gasteiger partial charge on any atom is -0.324 e. The maximum atomic E-state index is 12.1. The number of benzene rings is 1. The average Bonchev–Trinajstić information content (AvgIpc) is 2.24. The van der Waals surface area contributed by atoms with Crippen molar-refractivity contribution < 1.29 is 13.2 Å². The van der Waals surface area contributed by atoms with Crippen molar-refractivity contribution in [2.24, 2.45) is 5.73 Å². The molecule has 2 N–H and O–H groups in total. The summed E-state index contributed by atoms with van der Waals surface area (Å²) >= 11 is 3.38. The van der Waals surface area contributed by atoms with Crippen LogP contribution >= 0.6 is 15.9 Å². The van der Waals surface area contributed by atoms with Crippen LogP contribution in [0.4, 0.5) is 13.2 Å². The van der Waals surface area contributed by atoms with Crippen LogP contribution in [0.5, 0.6) is 0 Å². The lowest BCUT2D eigenvalue weighted by Crippen LogP contribution is -2.33. The number of halogens is 4. The van der Waals surface area contributed by atoms with E-state index in [9.17, 15) is 13.2 Å². The predicted octanol–water partition coefficient (Wildman–Crippen LogP) is 3.33. The zero-order valence-electron chi connectivity index (χ0n) is 10.0.